The molecule has 0 bridgehead atoms. The first-order valence-electron chi connectivity index (χ1n) is 3.78. The highest BCUT2D eigenvalue weighted by Gasteiger charge is 2.16. The lowest BCUT2D eigenvalue weighted by Crippen LogP contribution is -2.32. The van der Waals surface area contributed by atoms with E-state index in [4.69, 9.17) is 15.8 Å². The van der Waals surface area contributed by atoms with Gasteiger partial charge < -0.3 is 15.8 Å². The van der Waals surface area contributed by atoms with Gasteiger partial charge in [-0.3, -0.25) is 0 Å². The maximum atomic E-state index is 11.1. The van der Waals surface area contributed by atoms with Gasteiger partial charge in [0.25, 0.3) is 0 Å². The van der Waals surface area contributed by atoms with Crippen molar-refractivity contribution >= 4 is 28.1 Å². The molecule has 0 saturated heterocycles. The van der Waals surface area contributed by atoms with Gasteiger partial charge >= 0.3 is 7.12 Å². The predicted octanol–water partition coefficient (Wildman–Crippen LogP) is -1.65. The Labute approximate surface area is 82.2 Å². The summed E-state index contributed by atoms with van der Waals surface area (Å²) in [5.41, 5.74) is 5.57. The largest absolute Gasteiger partial charge is 0.490 e. The second-order valence-electron chi connectivity index (χ2n) is 2.94. The molecule has 0 unspecified atom stereocenters. The van der Waals surface area contributed by atoms with E-state index < -0.39 is 17.0 Å². The Morgan fingerprint density at radius 3 is 2.29 bits per heavy atom. The summed E-state index contributed by atoms with van der Waals surface area (Å²) in [5, 5.41) is 17.6. The summed E-state index contributed by atoms with van der Waals surface area (Å²) in [5.74, 6) is 0. The zero-order valence-corrected chi connectivity index (χ0v) is 8.32. The molecule has 0 aliphatic carbocycles. The summed E-state index contributed by atoms with van der Waals surface area (Å²) >= 11 is 0. The van der Waals surface area contributed by atoms with Gasteiger partial charge in [0.2, 0.25) is 0 Å². The molecular weight excluding hydrogens is 205 g/mol. The summed E-state index contributed by atoms with van der Waals surface area (Å²) in [6.45, 7) is 0. The molecule has 4 N–H and O–H groups in total. The average molecular weight is 215 g/mol. The van der Waals surface area contributed by atoms with Crippen molar-refractivity contribution in [2.45, 2.75) is 4.90 Å². The minimum atomic E-state index is -3.31. The van der Waals surface area contributed by atoms with Gasteiger partial charge in [-0.05, 0) is 12.1 Å². The lowest BCUT2D eigenvalue weighted by atomic mass is 9.79. The van der Waals surface area contributed by atoms with Crippen molar-refractivity contribution < 1.29 is 18.5 Å². The summed E-state index contributed by atoms with van der Waals surface area (Å²) in [6.07, 6.45) is 1.05. The van der Waals surface area contributed by atoms with Gasteiger partial charge in [0.05, 0.1) is 4.90 Å². The van der Waals surface area contributed by atoms with Gasteiger partial charge in [-0.1, -0.05) is 6.07 Å². The van der Waals surface area contributed by atoms with E-state index in [2.05, 4.69) is 0 Å². The third-order valence-electron chi connectivity index (χ3n) is 1.76. The Morgan fingerprint density at radius 2 is 1.93 bits per heavy atom. The Kier molecular flexibility index (Phi) is 2.84. The van der Waals surface area contributed by atoms with E-state index in [1.165, 1.54) is 18.2 Å². The van der Waals surface area contributed by atoms with E-state index in [9.17, 15) is 8.42 Å². The molecule has 0 saturated carbocycles. The van der Waals surface area contributed by atoms with E-state index in [-0.39, 0.29) is 16.0 Å². The van der Waals surface area contributed by atoms with Crippen LogP contribution in [0.25, 0.3) is 0 Å². The SMILES string of the molecule is CS(=O)(=O)c1ccc(B(O)O)c(N)c1. The molecule has 1 aromatic carbocycles. The third kappa shape index (κ3) is 2.25. The molecular formula is C7H10BNO4S. The number of nitrogens with two attached hydrogens (primary N) is 1. The van der Waals surface area contributed by atoms with Gasteiger partial charge in [0.1, 0.15) is 0 Å². The fourth-order valence-electron chi connectivity index (χ4n) is 1.02. The van der Waals surface area contributed by atoms with Crippen LogP contribution in [0.2, 0.25) is 0 Å². The molecule has 0 radical (unpaired) electrons. The highest BCUT2D eigenvalue weighted by Crippen LogP contribution is 2.11. The fourth-order valence-corrected chi connectivity index (χ4v) is 1.67. The van der Waals surface area contributed by atoms with E-state index >= 15 is 0 Å². The molecule has 1 rings (SSSR count). The Bertz CT molecular complexity index is 443. The van der Waals surface area contributed by atoms with Gasteiger partial charge in [-0.15, -0.1) is 0 Å². The first kappa shape index (κ1) is 11.0. The van der Waals surface area contributed by atoms with Crippen LogP contribution in [0.5, 0.6) is 0 Å². The van der Waals surface area contributed by atoms with Crippen LogP contribution >= 0.6 is 0 Å². The van der Waals surface area contributed by atoms with Crippen molar-refractivity contribution in [1.29, 1.82) is 0 Å². The minimum Gasteiger partial charge on any atom is -0.423 e. The van der Waals surface area contributed by atoms with Crippen LogP contribution in [0.1, 0.15) is 0 Å². The molecule has 14 heavy (non-hydrogen) atoms. The number of hydrogen-bond acceptors (Lipinski definition) is 5. The highest BCUT2D eigenvalue weighted by molar-refractivity contribution is 7.90. The van der Waals surface area contributed by atoms with Gasteiger partial charge in [0, 0.05) is 17.4 Å². The van der Waals surface area contributed by atoms with Crippen LogP contribution in [0.4, 0.5) is 5.69 Å². The summed E-state index contributed by atoms with van der Waals surface area (Å²) < 4.78 is 22.2. The first-order valence-corrected chi connectivity index (χ1v) is 5.67. The van der Waals surface area contributed by atoms with E-state index in [0.29, 0.717) is 0 Å². The minimum absolute atomic E-state index is 0.0444. The standard InChI is InChI=1S/C7H10BNO4S/c1-14(12,13)5-2-3-6(8(10)11)7(9)4-5/h2-4,10-11H,9H2,1H3. The maximum absolute atomic E-state index is 11.1. The second-order valence-corrected chi connectivity index (χ2v) is 4.95. The Hall–Kier alpha value is -1.05. The summed E-state index contributed by atoms with van der Waals surface area (Å²) in [4.78, 5) is 0.0550. The predicted molar refractivity (Wildman–Crippen MR) is 53.8 cm³/mol. The van der Waals surface area contributed by atoms with E-state index in [0.717, 1.165) is 6.26 Å². The van der Waals surface area contributed by atoms with Crippen molar-refractivity contribution in [3.05, 3.63) is 18.2 Å². The van der Waals surface area contributed by atoms with Crippen molar-refractivity contribution in [1.82, 2.24) is 0 Å². The normalized spacial score (nSPS) is 11.4. The molecule has 0 spiro atoms. The van der Waals surface area contributed by atoms with E-state index in [1.54, 1.807) is 0 Å². The lowest BCUT2D eigenvalue weighted by Gasteiger charge is -2.05. The van der Waals surface area contributed by atoms with Gasteiger partial charge in [-0.25, -0.2) is 8.42 Å². The first-order chi connectivity index (χ1) is 6.32. The second kappa shape index (κ2) is 3.60. The molecule has 0 aromatic heterocycles. The zero-order chi connectivity index (χ0) is 10.9. The van der Waals surface area contributed by atoms with Crippen LogP contribution in [0.15, 0.2) is 23.1 Å². The van der Waals surface area contributed by atoms with Crippen molar-refractivity contribution in [2.75, 3.05) is 12.0 Å². The van der Waals surface area contributed by atoms with Crippen molar-refractivity contribution in [3.63, 3.8) is 0 Å². The van der Waals surface area contributed by atoms with Gasteiger partial charge in [0.15, 0.2) is 9.84 Å². The van der Waals surface area contributed by atoms with Crippen molar-refractivity contribution in [3.8, 4) is 0 Å². The van der Waals surface area contributed by atoms with Crippen LogP contribution < -0.4 is 11.2 Å². The topological polar surface area (TPSA) is 101 Å². The molecule has 7 heteroatoms. The summed E-state index contributed by atoms with van der Waals surface area (Å²) in [6, 6.07) is 3.75. The third-order valence-corrected chi connectivity index (χ3v) is 2.87. The van der Waals surface area contributed by atoms with Crippen LogP contribution in [-0.4, -0.2) is 31.8 Å². The molecule has 5 nitrogen and oxygen atoms in total. The number of nitrogen functional groups attached to an aromatic ring is 1. The molecule has 0 aliphatic heterocycles. The molecule has 0 amide bonds. The Morgan fingerprint density at radius 1 is 1.36 bits per heavy atom. The van der Waals surface area contributed by atoms with Crippen molar-refractivity contribution in [2.24, 2.45) is 0 Å². The number of anilines is 1. The smallest absolute Gasteiger partial charge is 0.423 e. The zero-order valence-electron chi connectivity index (χ0n) is 7.51. The highest BCUT2D eigenvalue weighted by atomic mass is 32.2. The molecule has 0 atom stereocenters. The molecule has 0 fully saturated rings. The number of benzene rings is 1. The molecule has 76 valence electrons. The molecule has 0 aliphatic rings. The number of sulfone groups is 1. The molecule has 0 heterocycles. The van der Waals surface area contributed by atoms with Gasteiger partial charge in [-0.2, -0.15) is 0 Å². The van der Waals surface area contributed by atoms with Crippen LogP contribution in [0, 0.1) is 0 Å². The maximum Gasteiger partial charge on any atom is 0.490 e. The number of rotatable bonds is 2. The number of hydrogen-bond donors (Lipinski definition) is 3. The fraction of sp³-hybridized carbons (Fsp3) is 0.143. The monoisotopic (exact) mass is 215 g/mol. The quantitative estimate of drug-likeness (QED) is 0.405. The average Bonchev–Trinajstić information content (AvgIpc) is 2.01. The van der Waals surface area contributed by atoms with Crippen LogP contribution in [-0.2, 0) is 9.84 Å². The lowest BCUT2D eigenvalue weighted by molar-refractivity contribution is 0.426. The van der Waals surface area contributed by atoms with E-state index in [1.807, 2.05) is 0 Å². The Balaban J connectivity index is 3.27. The summed E-state index contributed by atoms with van der Waals surface area (Å²) in [7, 11) is -5.00. The molecule has 1 aromatic rings. The van der Waals surface area contributed by atoms with Crippen LogP contribution in [0.3, 0.4) is 0 Å².